The van der Waals surface area contributed by atoms with Crippen LogP contribution in [-0.4, -0.2) is 23.2 Å². The molecule has 1 aromatic carbocycles. The number of benzene rings is 1. The number of carbonyl (C=O) groups excluding carboxylic acids is 1. The molecular weight excluding hydrogens is 364 g/mol. The van der Waals surface area contributed by atoms with Gasteiger partial charge >= 0.3 is 6.18 Å². The van der Waals surface area contributed by atoms with Gasteiger partial charge in [-0.05, 0) is 47.9 Å². The Morgan fingerprint density at radius 1 is 1.22 bits per heavy atom. The number of pyridine rings is 1. The van der Waals surface area contributed by atoms with E-state index < -0.39 is 17.6 Å². The van der Waals surface area contributed by atoms with Crippen molar-refractivity contribution < 1.29 is 22.4 Å². The summed E-state index contributed by atoms with van der Waals surface area (Å²) in [6.07, 6.45) is -2.08. The minimum absolute atomic E-state index is 0.0485. The summed E-state index contributed by atoms with van der Waals surface area (Å²) in [5, 5.41) is 10.6. The lowest BCUT2D eigenvalue weighted by molar-refractivity contribution is -0.137. The van der Waals surface area contributed by atoms with Gasteiger partial charge in [-0.25, -0.2) is 9.37 Å². The predicted molar refractivity (Wildman–Crippen MR) is 95.7 cm³/mol. The highest BCUT2D eigenvalue weighted by molar-refractivity contribution is 6.53. The summed E-state index contributed by atoms with van der Waals surface area (Å²) in [6.45, 7) is 4.00. The van der Waals surface area contributed by atoms with E-state index in [1.165, 1.54) is 12.3 Å². The van der Waals surface area contributed by atoms with Crippen molar-refractivity contribution in [2.24, 2.45) is 5.10 Å². The first kappa shape index (κ1) is 21.9. The fraction of sp³-hybridized carbons (Fsp3) is 0.222. The van der Waals surface area contributed by atoms with Crippen molar-refractivity contribution in [2.75, 3.05) is 5.43 Å². The zero-order valence-electron chi connectivity index (χ0n) is 14.6. The van der Waals surface area contributed by atoms with Crippen molar-refractivity contribution in [1.82, 2.24) is 4.98 Å². The molecule has 0 amide bonds. The van der Waals surface area contributed by atoms with Crippen molar-refractivity contribution in [3.05, 3.63) is 59.0 Å². The van der Waals surface area contributed by atoms with Crippen LogP contribution in [0.1, 0.15) is 30.5 Å². The number of hydrogen-bond donors (Lipinski definition) is 2. The zero-order chi connectivity index (χ0) is 20.4. The number of aromatic nitrogens is 1. The summed E-state index contributed by atoms with van der Waals surface area (Å²) < 4.78 is 51.7. The molecule has 0 aliphatic heterocycles. The van der Waals surface area contributed by atoms with Gasteiger partial charge in [0.05, 0.1) is 5.56 Å². The van der Waals surface area contributed by atoms with E-state index in [0.717, 1.165) is 18.3 Å². The minimum Gasteiger partial charge on any atom is -0.306 e. The van der Waals surface area contributed by atoms with Crippen molar-refractivity contribution >= 4 is 24.0 Å². The first-order chi connectivity index (χ1) is 12.8. The van der Waals surface area contributed by atoms with Crippen molar-refractivity contribution in [3.8, 4) is 0 Å². The number of anilines is 1. The third kappa shape index (κ3) is 6.96. The third-order valence-electron chi connectivity index (χ3n) is 3.09. The molecule has 0 radical (unpaired) electrons. The molecule has 0 aliphatic carbocycles. The van der Waals surface area contributed by atoms with Gasteiger partial charge in [0, 0.05) is 12.4 Å². The molecule has 1 heterocycles. The lowest BCUT2D eigenvalue weighted by Gasteiger charge is -2.10. The highest BCUT2D eigenvalue weighted by Crippen LogP contribution is 2.31. The van der Waals surface area contributed by atoms with Crippen LogP contribution in [0.2, 0.25) is 0 Å². The average Bonchev–Trinajstić information content (AvgIpc) is 2.63. The lowest BCUT2D eigenvalue weighted by atomic mass is 10.0. The molecule has 0 aliphatic rings. The normalized spacial score (nSPS) is 11.3. The molecule has 144 valence electrons. The molecule has 0 spiro atoms. The summed E-state index contributed by atoms with van der Waals surface area (Å²) in [6, 6.07) is 5.41. The van der Waals surface area contributed by atoms with Gasteiger partial charge in [0.15, 0.2) is 6.29 Å². The van der Waals surface area contributed by atoms with E-state index in [-0.39, 0.29) is 23.5 Å². The maximum absolute atomic E-state index is 13.4. The van der Waals surface area contributed by atoms with Crippen molar-refractivity contribution in [2.45, 2.75) is 26.4 Å². The summed E-state index contributed by atoms with van der Waals surface area (Å²) in [5.74, 6) is -0.741. The maximum Gasteiger partial charge on any atom is 0.416 e. The number of hydrogen-bond acceptors (Lipinski definition) is 5. The van der Waals surface area contributed by atoms with Crippen LogP contribution in [0.4, 0.5) is 23.4 Å². The second-order valence-electron chi connectivity index (χ2n) is 4.98. The van der Waals surface area contributed by atoms with Gasteiger partial charge in [0.25, 0.3) is 0 Å². The Kier molecular flexibility index (Phi) is 8.25. The predicted octanol–water partition coefficient (Wildman–Crippen LogP) is 4.47. The molecule has 0 bridgehead atoms. The van der Waals surface area contributed by atoms with Gasteiger partial charge in [0.1, 0.15) is 17.3 Å². The fourth-order valence-corrected chi connectivity index (χ4v) is 2.01. The van der Waals surface area contributed by atoms with E-state index in [1.807, 2.05) is 13.8 Å². The van der Waals surface area contributed by atoms with Crippen LogP contribution in [0.3, 0.4) is 0 Å². The first-order valence-electron chi connectivity index (χ1n) is 7.93. The van der Waals surface area contributed by atoms with Crippen LogP contribution >= 0.6 is 0 Å². The number of nitrogens with zero attached hydrogens (tertiary/aromatic N) is 2. The molecule has 27 heavy (non-hydrogen) atoms. The molecule has 5 nitrogen and oxygen atoms in total. The Balaban J connectivity index is 0.00000176. The second kappa shape index (κ2) is 10.1. The lowest BCUT2D eigenvalue weighted by Crippen LogP contribution is -2.07. The highest BCUT2D eigenvalue weighted by Gasteiger charge is 2.31. The number of alkyl halides is 3. The van der Waals surface area contributed by atoms with Gasteiger partial charge < -0.3 is 5.41 Å². The second-order valence-corrected chi connectivity index (χ2v) is 4.98. The van der Waals surface area contributed by atoms with Crippen molar-refractivity contribution in [3.63, 3.8) is 0 Å². The smallest absolute Gasteiger partial charge is 0.306 e. The molecule has 2 rings (SSSR count). The van der Waals surface area contributed by atoms with Crippen LogP contribution in [0.5, 0.6) is 0 Å². The third-order valence-corrected chi connectivity index (χ3v) is 3.09. The Hall–Kier alpha value is -3.10. The van der Waals surface area contributed by atoms with Gasteiger partial charge in [-0.15, -0.1) is 0 Å². The monoisotopic (exact) mass is 382 g/mol. The number of rotatable bonds is 6. The molecule has 2 aromatic rings. The summed E-state index contributed by atoms with van der Waals surface area (Å²) in [7, 11) is 0. The molecule has 0 atom stereocenters. The number of aldehydes is 1. The van der Waals surface area contributed by atoms with E-state index in [1.54, 1.807) is 6.07 Å². The number of halogens is 4. The summed E-state index contributed by atoms with van der Waals surface area (Å²) >= 11 is 0. The molecule has 0 saturated carbocycles. The van der Waals surface area contributed by atoms with Crippen LogP contribution < -0.4 is 5.43 Å². The molecule has 2 N–H and O–H groups in total. The topological polar surface area (TPSA) is 78.2 Å². The first-order valence-corrected chi connectivity index (χ1v) is 7.93. The Morgan fingerprint density at radius 2 is 1.93 bits per heavy atom. The van der Waals surface area contributed by atoms with Gasteiger partial charge in [-0.2, -0.15) is 18.3 Å². The summed E-state index contributed by atoms with van der Waals surface area (Å²) in [5.41, 5.74) is 1.96. The molecular formula is C18H18F4N4O. The largest absolute Gasteiger partial charge is 0.416 e. The Morgan fingerprint density at radius 3 is 2.52 bits per heavy atom. The quantitative estimate of drug-likeness (QED) is 0.335. The Labute approximate surface area is 153 Å². The average molecular weight is 382 g/mol. The molecule has 0 saturated heterocycles. The number of hydrazone groups is 1. The maximum atomic E-state index is 13.4. The van der Waals surface area contributed by atoms with E-state index in [4.69, 9.17) is 5.41 Å². The fourth-order valence-electron chi connectivity index (χ4n) is 2.01. The van der Waals surface area contributed by atoms with Crippen LogP contribution in [0, 0.1) is 11.2 Å². The standard InChI is InChI=1S/C16H12F4N4O.C2H6/c17-13-5-11(4-12(7-13)16(18,19)20)3-10-1-2-22-15(6-10)24-23-14(8-21)9-25;1-2/h1-2,4-9,21H,3H2,(H,22,24);1-2H3/b21-8?,23-14+;. The van der Waals surface area contributed by atoms with E-state index in [9.17, 15) is 22.4 Å². The van der Waals surface area contributed by atoms with Gasteiger partial charge in [-0.3, -0.25) is 10.2 Å². The zero-order valence-corrected chi connectivity index (χ0v) is 14.6. The number of nitrogens with one attached hydrogen (secondary N) is 2. The van der Waals surface area contributed by atoms with Gasteiger partial charge in [-0.1, -0.05) is 13.8 Å². The van der Waals surface area contributed by atoms with E-state index in [0.29, 0.717) is 17.9 Å². The van der Waals surface area contributed by atoms with E-state index >= 15 is 0 Å². The van der Waals surface area contributed by atoms with Crippen molar-refractivity contribution in [1.29, 1.82) is 5.41 Å². The van der Waals surface area contributed by atoms with Crippen LogP contribution in [0.15, 0.2) is 41.6 Å². The SMILES string of the molecule is CC.N=C/C(C=O)=N\Nc1cc(Cc2cc(F)cc(C(F)(F)F)c2)ccn1. The number of carbonyl (C=O) groups is 1. The van der Waals surface area contributed by atoms with Crippen LogP contribution in [-0.2, 0) is 17.4 Å². The Bertz CT molecular complexity index is 809. The van der Waals surface area contributed by atoms with Gasteiger partial charge in [0.2, 0.25) is 0 Å². The summed E-state index contributed by atoms with van der Waals surface area (Å²) in [4.78, 5) is 14.5. The van der Waals surface area contributed by atoms with E-state index in [2.05, 4.69) is 15.5 Å². The molecule has 0 fully saturated rings. The molecule has 9 heteroatoms. The molecule has 0 unspecified atom stereocenters. The minimum atomic E-state index is -4.63. The molecule has 1 aromatic heterocycles. The van der Waals surface area contributed by atoms with Crippen LogP contribution in [0.25, 0.3) is 0 Å². The highest BCUT2D eigenvalue weighted by atomic mass is 19.4.